The van der Waals surface area contributed by atoms with E-state index >= 15 is 0 Å². The Kier molecular flexibility index (Phi) is 4.64. The maximum atomic E-state index is 9.58. The van der Waals surface area contributed by atoms with Crippen molar-refractivity contribution in [3.63, 3.8) is 0 Å². The minimum absolute atomic E-state index is 0.492. The van der Waals surface area contributed by atoms with Crippen molar-refractivity contribution < 1.29 is 14.6 Å². The van der Waals surface area contributed by atoms with Crippen LogP contribution in [-0.2, 0) is 6.61 Å². The summed E-state index contributed by atoms with van der Waals surface area (Å²) in [4.78, 5) is 0. The number of aliphatic hydroxyl groups is 1. The predicted octanol–water partition coefficient (Wildman–Crippen LogP) is 3.64. The average Bonchev–Trinajstić information content (AvgIpc) is 2.45. The molecule has 0 amide bonds. The SMILES string of the molecule is COc1cc([C@H](C)O)ccc1OCc1cccc(C)c1. The van der Waals surface area contributed by atoms with E-state index in [4.69, 9.17) is 9.47 Å². The van der Waals surface area contributed by atoms with Crippen LogP contribution in [0.3, 0.4) is 0 Å². The van der Waals surface area contributed by atoms with Crippen LogP contribution in [0.2, 0.25) is 0 Å². The lowest BCUT2D eigenvalue weighted by molar-refractivity contribution is 0.198. The van der Waals surface area contributed by atoms with Crippen LogP contribution < -0.4 is 9.47 Å². The molecule has 0 heterocycles. The molecule has 2 aromatic carbocycles. The van der Waals surface area contributed by atoms with Gasteiger partial charge in [0.2, 0.25) is 0 Å². The zero-order valence-corrected chi connectivity index (χ0v) is 12.1. The molecule has 0 spiro atoms. The second kappa shape index (κ2) is 6.44. The maximum Gasteiger partial charge on any atom is 0.161 e. The summed E-state index contributed by atoms with van der Waals surface area (Å²) in [5.74, 6) is 1.31. The van der Waals surface area contributed by atoms with E-state index in [-0.39, 0.29) is 0 Å². The third kappa shape index (κ3) is 3.52. The minimum Gasteiger partial charge on any atom is -0.493 e. The molecule has 0 saturated carbocycles. The van der Waals surface area contributed by atoms with E-state index in [1.165, 1.54) is 5.56 Å². The Morgan fingerprint density at radius 3 is 2.55 bits per heavy atom. The smallest absolute Gasteiger partial charge is 0.161 e. The van der Waals surface area contributed by atoms with Crippen molar-refractivity contribution in [3.8, 4) is 11.5 Å². The van der Waals surface area contributed by atoms with Gasteiger partial charge in [-0.25, -0.2) is 0 Å². The fourth-order valence-corrected chi connectivity index (χ4v) is 2.03. The second-order valence-electron chi connectivity index (χ2n) is 4.86. The van der Waals surface area contributed by atoms with Crippen molar-refractivity contribution in [1.29, 1.82) is 0 Å². The normalized spacial score (nSPS) is 12.0. The highest BCUT2D eigenvalue weighted by molar-refractivity contribution is 5.43. The van der Waals surface area contributed by atoms with Crippen molar-refractivity contribution in [3.05, 3.63) is 59.2 Å². The van der Waals surface area contributed by atoms with Crippen LogP contribution in [0.4, 0.5) is 0 Å². The van der Waals surface area contributed by atoms with E-state index in [0.29, 0.717) is 18.1 Å². The summed E-state index contributed by atoms with van der Waals surface area (Å²) in [7, 11) is 1.60. The Hall–Kier alpha value is -2.00. The molecule has 20 heavy (non-hydrogen) atoms. The lowest BCUT2D eigenvalue weighted by Gasteiger charge is -2.13. The summed E-state index contributed by atoms with van der Waals surface area (Å²) in [6.07, 6.45) is -0.519. The second-order valence-corrected chi connectivity index (χ2v) is 4.86. The van der Waals surface area contributed by atoms with Crippen LogP contribution in [0.15, 0.2) is 42.5 Å². The molecule has 2 rings (SSSR count). The van der Waals surface area contributed by atoms with E-state index in [9.17, 15) is 5.11 Å². The number of methoxy groups -OCH3 is 1. The highest BCUT2D eigenvalue weighted by atomic mass is 16.5. The van der Waals surface area contributed by atoms with E-state index in [1.807, 2.05) is 24.3 Å². The molecular formula is C17H20O3. The Balaban J connectivity index is 2.13. The molecule has 0 fully saturated rings. The largest absolute Gasteiger partial charge is 0.493 e. The van der Waals surface area contributed by atoms with Crippen molar-refractivity contribution >= 4 is 0 Å². The first-order valence-electron chi connectivity index (χ1n) is 6.64. The van der Waals surface area contributed by atoms with E-state index in [2.05, 4.69) is 19.1 Å². The van der Waals surface area contributed by atoms with Crippen molar-refractivity contribution in [1.82, 2.24) is 0 Å². The summed E-state index contributed by atoms with van der Waals surface area (Å²) < 4.78 is 11.1. The topological polar surface area (TPSA) is 38.7 Å². The van der Waals surface area contributed by atoms with Gasteiger partial charge in [0.25, 0.3) is 0 Å². The zero-order chi connectivity index (χ0) is 14.5. The summed E-state index contributed by atoms with van der Waals surface area (Å²) in [5, 5.41) is 9.58. The number of rotatable bonds is 5. The number of ether oxygens (including phenoxy) is 2. The molecule has 3 heteroatoms. The Morgan fingerprint density at radius 2 is 1.90 bits per heavy atom. The molecule has 106 valence electrons. The van der Waals surface area contributed by atoms with Crippen molar-refractivity contribution in [2.75, 3.05) is 7.11 Å². The highest BCUT2D eigenvalue weighted by Crippen LogP contribution is 2.30. The average molecular weight is 272 g/mol. The Labute approximate surface area is 119 Å². The molecule has 0 unspecified atom stereocenters. The van der Waals surface area contributed by atoms with Gasteiger partial charge in [0, 0.05) is 0 Å². The van der Waals surface area contributed by atoms with E-state index < -0.39 is 6.10 Å². The van der Waals surface area contributed by atoms with Crippen molar-refractivity contribution in [2.24, 2.45) is 0 Å². The molecule has 0 aliphatic heterocycles. The van der Waals surface area contributed by atoms with Gasteiger partial charge in [-0.2, -0.15) is 0 Å². The molecule has 3 nitrogen and oxygen atoms in total. The lowest BCUT2D eigenvalue weighted by atomic mass is 10.1. The Bertz CT molecular complexity index is 576. The number of hydrogen-bond acceptors (Lipinski definition) is 3. The summed E-state index contributed by atoms with van der Waals surface area (Å²) in [6.45, 7) is 4.27. The van der Waals surface area contributed by atoms with Gasteiger partial charge in [0.05, 0.1) is 13.2 Å². The first-order valence-corrected chi connectivity index (χ1v) is 6.64. The van der Waals surface area contributed by atoms with Crippen LogP contribution in [0, 0.1) is 6.92 Å². The first-order chi connectivity index (χ1) is 9.60. The maximum absolute atomic E-state index is 9.58. The van der Waals surface area contributed by atoms with Gasteiger partial charge in [-0.05, 0) is 37.1 Å². The van der Waals surface area contributed by atoms with E-state index in [0.717, 1.165) is 11.1 Å². The fourth-order valence-electron chi connectivity index (χ4n) is 2.03. The quantitative estimate of drug-likeness (QED) is 0.903. The number of benzene rings is 2. The summed E-state index contributed by atoms with van der Waals surface area (Å²) in [6, 6.07) is 13.7. The standard InChI is InChI=1S/C17H20O3/c1-12-5-4-6-14(9-12)11-20-16-8-7-15(13(2)18)10-17(16)19-3/h4-10,13,18H,11H2,1-3H3/t13-/m0/s1. The van der Waals surface area contributed by atoms with Gasteiger partial charge in [0.15, 0.2) is 11.5 Å². The monoisotopic (exact) mass is 272 g/mol. The van der Waals surface area contributed by atoms with Gasteiger partial charge in [-0.1, -0.05) is 35.9 Å². The summed E-state index contributed by atoms with van der Waals surface area (Å²) in [5.41, 5.74) is 3.14. The highest BCUT2D eigenvalue weighted by Gasteiger charge is 2.09. The van der Waals surface area contributed by atoms with E-state index in [1.54, 1.807) is 20.1 Å². The first kappa shape index (κ1) is 14.4. The van der Waals surface area contributed by atoms with Gasteiger partial charge in [-0.3, -0.25) is 0 Å². The molecular weight excluding hydrogens is 252 g/mol. The van der Waals surface area contributed by atoms with Gasteiger partial charge in [0.1, 0.15) is 6.61 Å². The molecule has 0 radical (unpaired) electrons. The van der Waals surface area contributed by atoms with Gasteiger partial charge in [-0.15, -0.1) is 0 Å². The lowest BCUT2D eigenvalue weighted by Crippen LogP contribution is -1.99. The third-order valence-electron chi connectivity index (χ3n) is 3.15. The Morgan fingerprint density at radius 1 is 1.10 bits per heavy atom. The van der Waals surface area contributed by atoms with Crippen molar-refractivity contribution in [2.45, 2.75) is 26.6 Å². The molecule has 0 saturated heterocycles. The molecule has 0 aromatic heterocycles. The van der Waals surface area contributed by atoms with Gasteiger partial charge < -0.3 is 14.6 Å². The molecule has 1 atom stereocenters. The van der Waals surface area contributed by atoms with Crippen LogP contribution in [-0.4, -0.2) is 12.2 Å². The number of aryl methyl sites for hydroxylation is 1. The predicted molar refractivity (Wildman–Crippen MR) is 79.1 cm³/mol. The number of aliphatic hydroxyl groups excluding tert-OH is 1. The zero-order valence-electron chi connectivity index (χ0n) is 12.1. The molecule has 2 aromatic rings. The molecule has 0 bridgehead atoms. The van der Waals surface area contributed by atoms with Crippen LogP contribution in [0.25, 0.3) is 0 Å². The minimum atomic E-state index is -0.519. The molecule has 0 aliphatic carbocycles. The van der Waals surface area contributed by atoms with Crippen LogP contribution >= 0.6 is 0 Å². The van der Waals surface area contributed by atoms with Crippen LogP contribution in [0.1, 0.15) is 29.7 Å². The summed E-state index contributed by atoms with van der Waals surface area (Å²) >= 11 is 0. The third-order valence-corrected chi connectivity index (χ3v) is 3.15. The fraction of sp³-hybridized carbons (Fsp3) is 0.294. The van der Waals surface area contributed by atoms with Gasteiger partial charge >= 0.3 is 0 Å². The molecule has 1 N–H and O–H groups in total. The molecule has 0 aliphatic rings. The number of hydrogen-bond donors (Lipinski definition) is 1. The van der Waals surface area contributed by atoms with Crippen LogP contribution in [0.5, 0.6) is 11.5 Å².